The second-order valence-electron chi connectivity index (χ2n) is 3.69. The van der Waals surface area contributed by atoms with Crippen LogP contribution in [0.2, 0.25) is 5.28 Å². The predicted octanol–water partition coefficient (Wildman–Crippen LogP) is -0.336. The molecule has 1 aliphatic rings. The minimum Gasteiger partial charge on any atom is -0.390 e. The molecule has 2 rings (SSSR count). The number of nitrogens with zero attached hydrogens (tertiary/aromatic N) is 4. The maximum absolute atomic E-state index is 9.54. The minimum atomic E-state index is -1.93. The summed E-state index contributed by atoms with van der Waals surface area (Å²) in [5, 5.41) is 9.69. The zero-order valence-electron chi connectivity index (χ0n) is 9.04. The van der Waals surface area contributed by atoms with Gasteiger partial charge in [-0.05, 0) is 17.7 Å². The third-order valence-corrected chi connectivity index (χ3v) is 2.67. The molecule has 0 bridgehead atoms. The monoisotopic (exact) mass is 246 g/mol. The van der Waals surface area contributed by atoms with Crippen LogP contribution in [0.15, 0.2) is 24.7 Å². The Morgan fingerprint density at radius 1 is 1.47 bits per heavy atom. The Bertz CT molecular complexity index is 451. The minimum absolute atomic E-state index is 0.143. The van der Waals surface area contributed by atoms with Crippen molar-refractivity contribution in [3.05, 3.63) is 29.9 Å². The van der Waals surface area contributed by atoms with Gasteiger partial charge in [-0.1, -0.05) is 6.58 Å². The van der Waals surface area contributed by atoms with Crippen molar-refractivity contribution in [2.45, 2.75) is 5.52 Å². The van der Waals surface area contributed by atoms with Gasteiger partial charge in [0.25, 0.3) is 0 Å². The average molecular weight is 246 g/mol. The molecule has 1 aliphatic heterocycles. The molecule has 84 valence electrons. The first-order valence-corrected chi connectivity index (χ1v) is 5.30. The van der Waals surface area contributed by atoms with Gasteiger partial charge in [-0.3, -0.25) is 0 Å². The van der Waals surface area contributed by atoms with E-state index in [9.17, 15) is 5.11 Å². The predicted molar refractivity (Wildman–Crippen MR) is 66.7 cm³/mol. The smallest absolute Gasteiger partial charge is 0.224 e. The van der Waals surface area contributed by atoms with E-state index in [1.54, 1.807) is 11.0 Å². The lowest BCUT2D eigenvalue weighted by molar-refractivity contribution is 0.0718. The molecule has 0 unspecified atom stereocenters. The summed E-state index contributed by atoms with van der Waals surface area (Å²) in [7, 11) is 10.8. The first-order chi connectivity index (χ1) is 7.89. The first kappa shape index (κ1) is 12.3. The summed E-state index contributed by atoms with van der Waals surface area (Å²) >= 11 is 5.71. The molecular formula is C9H9B2ClN4O. The molecule has 0 atom stereocenters. The second kappa shape index (κ2) is 4.23. The van der Waals surface area contributed by atoms with Crippen LogP contribution < -0.4 is 4.90 Å². The Morgan fingerprint density at radius 2 is 2.18 bits per heavy atom. The quantitative estimate of drug-likeness (QED) is 0.572. The standard InChI is InChI=1S/C9H9B2ClN4O/c1-6-15(4-5-16(6)9(10,11)17)7-2-3-13-8(12)14-7/h2-3,17H,1,4-5H2. The summed E-state index contributed by atoms with van der Waals surface area (Å²) in [6, 6.07) is 1.69. The van der Waals surface area contributed by atoms with Crippen molar-refractivity contribution >= 4 is 33.1 Å². The molecule has 0 aliphatic carbocycles. The SMILES string of the molecule is [B]C([B])(O)N1CCN(c2ccnc(Cl)n2)C1=C. The van der Waals surface area contributed by atoms with Crippen LogP contribution in [0.4, 0.5) is 5.82 Å². The maximum Gasteiger partial charge on any atom is 0.224 e. The zero-order valence-corrected chi connectivity index (χ0v) is 9.80. The molecular weight excluding hydrogens is 237 g/mol. The molecule has 8 heteroatoms. The van der Waals surface area contributed by atoms with Gasteiger partial charge >= 0.3 is 0 Å². The van der Waals surface area contributed by atoms with E-state index in [-0.39, 0.29) is 5.28 Å². The maximum atomic E-state index is 9.54. The van der Waals surface area contributed by atoms with E-state index in [0.717, 1.165) is 0 Å². The summed E-state index contributed by atoms with van der Waals surface area (Å²) in [4.78, 5) is 11.0. The lowest BCUT2D eigenvalue weighted by Gasteiger charge is -2.34. The Kier molecular flexibility index (Phi) is 3.05. The van der Waals surface area contributed by atoms with Crippen LogP contribution in [0, 0.1) is 0 Å². The fourth-order valence-corrected chi connectivity index (χ4v) is 1.86. The van der Waals surface area contributed by atoms with Gasteiger partial charge in [0, 0.05) is 19.3 Å². The lowest BCUT2D eigenvalue weighted by Crippen LogP contribution is -2.48. The molecule has 0 aromatic carbocycles. The van der Waals surface area contributed by atoms with Crippen molar-refractivity contribution in [1.82, 2.24) is 14.9 Å². The number of anilines is 1. The fraction of sp³-hybridized carbons (Fsp3) is 0.333. The number of hydrogen-bond acceptors (Lipinski definition) is 5. The van der Waals surface area contributed by atoms with E-state index in [1.807, 2.05) is 0 Å². The molecule has 0 amide bonds. The second-order valence-corrected chi connectivity index (χ2v) is 4.02. The summed E-state index contributed by atoms with van der Waals surface area (Å²) < 4.78 is 0. The highest BCUT2D eigenvalue weighted by Crippen LogP contribution is 2.26. The van der Waals surface area contributed by atoms with Crippen molar-refractivity contribution in [2.75, 3.05) is 18.0 Å². The fourth-order valence-electron chi connectivity index (χ4n) is 1.71. The topological polar surface area (TPSA) is 52.5 Å². The van der Waals surface area contributed by atoms with E-state index >= 15 is 0 Å². The van der Waals surface area contributed by atoms with E-state index in [1.165, 1.54) is 11.1 Å². The van der Waals surface area contributed by atoms with Crippen molar-refractivity contribution in [3.8, 4) is 0 Å². The number of rotatable bonds is 2. The molecule has 1 fully saturated rings. The lowest BCUT2D eigenvalue weighted by atomic mass is 9.72. The molecule has 0 spiro atoms. The summed E-state index contributed by atoms with van der Waals surface area (Å²) in [5.74, 6) is 1.05. The van der Waals surface area contributed by atoms with Gasteiger partial charge in [0.05, 0.1) is 5.52 Å². The summed E-state index contributed by atoms with van der Waals surface area (Å²) in [6.45, 7) is 4.82. The van der Waals surface area contributed by atoms with E-state index in [0.29, 0.717) is 24.7 Å². The highest BCUT2D eigenvalue weighted by molar-refractivity contribution is 6.38. The van der Waals surface area contributed by atoms with Crippen LogP contribution in [0.1, 0.15) is 0 Å². The van der Waals surface area contributed by atoms with Crippen LogP contribution in [-0.2, 0) is 0 Å². The van der Waals surface area contributed by atoms with E-state index in [2.05, 4.69) is 16.5 Å². The van der Waals surface area contributed by atoms with Crippen molar-refractivity contribution in [3.63, 3.8) is 0 Å². The molecule has 17 heavy (non-hydrogen) atoms. The van der Waals surface area contributed by atoms with E-state index in [4.69, 9.17) is 27.3 Å². The molecule has 1 N–H and O–H groups in total. The molecule has 1 aromatic rings. The Labute approximate surface area is 107 Å². The molecule has 0 saturated carbocycles. The van der Waals surface area contributed by atoms with Gasteiger partial charge in [-0.2, -0.15) is 0 Å². The van der Waals surface area contributed by atoms with Gasteiger partial charge in [-0.15, -0.1) is 0 Å². The van der Waals surface area contributed by atoms with Gasteiger partial charge in [0.2, 0.25) is 5.28 Å². The van der Waals surface area contributed by atoms with Crippen molar-refractivity contribution < 1.29 is 5.11 Å². The van der Waals surface area contributed by atoms with Gasteiger partial charge in [0.15, 0.2) is 0 Å². The van der Waals surface area contributed by atoms with Crippen LogP contribution in [0.5, 0.6) is 0 Å². The summed E-state index contributed by atoms with van der Waals surface area (Å²) in [6.07, 6.45) is 1.54. The Hall–Kier alpha value is -1.20. The van der Waals surface area contributed by atoms with Crippen LogP contribution in [0.3, 0.4) is 0 Å². The number of halogens is 1. The average Bonchev–Trinajstić information content (AvgIpc) is 2.59. The zero-order chi connectivity index (χ0) is 12.6. The largest absolute Gasteiger partial charge is 0.390 e. The molecule has 1 aromatic heterocycles. The molecule has 1 saturated heterocycles. The number of hydrogen-bond donors (Lipinski definition) is 1. The van der Waals surface area contributed by atoms with Gasteiger partial charge in [0.1, 0.15) is 27.3 Å². The number of aromatic nitrogens is 2. The van der Waals surface area contributed by atoms with E-state index < -0.39 is 5.52 Å². The molecule has 2 heterocycles. The van der Waals surface area contributed by atoms with Crippen LogP contribution in [-0.4, -0.2) is 54.3 Å². The summed E-state index contributed by atoms with van der Waals surface area (Å²) in [5.41, 5.74) is -1.93. The highest BCUT2D eigenvalue weighted by atomic mass is 35.5. The Balaban J connectivity index is 2.24. The first-order valence-electron chi connectivity index (χ1n) is 4.92. The normalized spacial score (nSPS) is 16.7. The van der Waals surface area contributed by atoms with Crippen molar-refractivity contribution in [1.29, 1.82) is 0 Å². The van der Waals surface area contributed by atoms with Crippen molar-refractivity contribution in [2.24, 2.45) is 0 Å². The molecule has 4 radical (unpaired) electrons. The van der Waals surface area contributed by atoms with Crippen LogP contribution in [0.25, 0.3) is 0 Å². The van der Waals surface area contributed by atoms with Gasteiger partial charge < -0.3 is 14.9 Å². The van der Waals surface area contributed by atoms with Gasteiger partial charge in [-0.25, -0.2) is 9.97 Å². The third-order valence-electron chi connectivity index (χ3n) is 2.49. The highest BCUT2D eigenvalue weighted by Gasteiger charge is 2.32. The third kappa shape index (κ3) is 2.40. The number of aliphatic hydroxyl groups is 1. The Morgan fingerprint density at radius 3 is 2.71 bits per heavy atom. The molecule has 5 nitrogen and oxygen atoms in total. The van der Waals surface area contributed by atoms with Crippen LogP contribution >= 0.6 is 11.6 Å².